The summed E-state index contributed by atoms with van der Waals surface area (Å²) in [6, 6.07) is 9.97. The highest BCUT2D eigenvalue weighted by molar-refractivity contribution is 6.30. The van der Waals surface area contributed by atoms with Gasteiger partial charge in [-0.3, -0.25) is 19.5 Å². The van der Waals surface area contributed by atoms with Gasteiger partial charge >= 0.3 is 0 Å². The molecular formula is C18H14ClN5O3. The molecule has 3 heterocycles. The second kappa shape index (κ2) is 6.73. The summed E-state index contributed by atoms with van der Waals surface area (Å²) in [4.78, 5) is 41.1. The van der Waals surface area contributed by atoms with E-state index in [1.165, 1.54) is 0 Å². The SMILES string of the molecule is O=C(Cn1[nH]c(=O)c2ccccc2c1=O)NCc1cn2cc(Cl)ccc2n1. The lowest BCUT2D eigenvalue weighted by Crippen LogP contribution is -2.36. The predicted octanol–water partition coefficient (Wildman–Crippen LogP) is 1.31. The molecule has 8 nitrogen and oxygen atoms in total. The van der Waals surface area contributed by atoms with Gasteiger partial charge in [-0.05, 0) is 24.3 Å². The Hall–Kier alpha value is -3.39. The van der Waals surface area contributed by atoms with Crippen LogP contribution in [0, 0.1) is 0 Å². The summed E-state index contributed by atoms with van der Waals surface area (Å²) in [7, 11) is 0. The number of imidazole rings is 1. The highest BCUT2D eigenvalue weighted by Gasteiger charge is 2.10. The minimum absolute atomic E-state index is 0.185. The van der Waals surface area contributed by atoms with Crippen LogP contribution in [0.1, 0.15) is 5.69 Å². The number of carbonyl (C=O) groups excluding carboxylic acids is 1. The Bertz CT molecular complexity index is 1290. The van der Waals surface area contributed by atoms with E-state index < -0.39 is 17.0 Å². The van der Waals surface area contributed by atoms with Gasteiger partial charge in [0.05, 0.1) is 28.0 Å². The van der Waals surface area contributed by atoms with Gasteiger partial charge in [0.15, 0.2) is 0 Å². The molecule has 3 aromatic heterocycles. The van der Waals surface area contributed by atoms with E-state index in [0.717, 1.165) is 4.68 Å². The number of amides is 1. The van der Waals surface area contributed by atoms with Gasteiger partial charge in [0.2, 0.25) is 5.91 Å². The molecule has 4 aromatic rings. The molecule has 27 heavy (non-hydrogen) atoms. The zero-order valence-electron chi connectivity index (χ0n) is 14.0. The number of aromatic amines is 1. The lowest BCUT2D eigenvalue weighted by atomic mass is 10.2. The molecule has 9 heteroatoms. The van der Waals surface area contributed by atoms with Gasteiger partial charge in [-0.25, -0.2) is 9.67 Å². The molecule has 0 spiro atoms. The fraction of sp³-hybridized carbons (Fsp3) is 0.111. The monoisotopic (exact) mass is 383 g/mol. The van der Waals surface area contributed by atoms with E-state index in [1.54, 1.807) is 53.2 Å². The van der Waals surface area contributed by atoms with Crippen LogP contribution in [-0.4, -0.2) is 25.1 Å². The van der Waals surface area contributed by atoms with E-state index in [-0.39, 0.29) is 18.5 Å². The molecule has 4 rings (SSSR count). The maximum atomic E-state index is 12.4. The Morgan fingerprint density at radius 2 is 1.89 bits per heavy atom. The van der Waals surface area contributed by atoms with Crippen molar-refractivity contribution in [3.05, 3.63) is 80.2 Å². The number of rotatable bonds is 4. The molecule has 1 amide bonds. The Labute approximate surface area is 157 Å². The van der Waals surface area contributed by atoms with Crippen LogP contribution in [0.15, 0.2) is 58.4 Å². The van der Waals surface area contributed by atoms with Crippen LogP contribution in [0.2, 0.25) is 5.02 Å². The van der Waals surface area contributed by atoms with Crippen molar-refractivity contribution in [1.29, 1.82) is 0 Å². The van der Waals surface area contributed by atoms with Gasteiger partial charge in [-0.15, -0.1) is 0 Å². The first-order valence-corrected chi connectivity index (χ1v) is 8.51. The number of hydrogen-bond acceptors (Lipinski definition) is 4. The van der Waals surface area contributed by atoms with Crippen LogP contribution in [0.4, 0.5) is 0 Å². The Morgan fingerprint density at radius 1 is 1.11 bits per heavy atom. The van der Waals surface area contributed by atoms with E-state index >= 15 is 0 Å². The summed E-state index contributed by atoms with van der Waals surface area (Å²) in [5.74, 6) is -0.418. The van der Waals surface area contributed by atoms with E-state index in [0.29, 0.717) is 21.7 Å². The van der Waals surface area contributed by atoms with Gasteiger partial charge in [0.25, 0.3) is 11.1 Å². The van der Waals surface area contributed by atoms with Crippen LogP contribution in [0.5, 0.6) is 0 Å². The zero-order valence-corrected chi connectivity index (χ0v) is 14.7. The van der Waals surface area contributed by atoms with Crippen molar-refractivity contribution in [3.8, 4) is 0 Å². The van der Waals surface area contributed by atoms with E-state index in [9.17, 15) is 14.4 Å². The number of nitrogens with one attached hydrogen (secondary N) is 2. The third kappa shape index (κ3) is 3.34. The fourth-order valence-corrected chi connectivity index (χ4v) is 3.02. The quantitative estimate of drug-likeness (QED) is 0.554. The first-order valence-electron chi connectivity index (χ1n) is 8.13. The number of fused-ring (bicyclic) bond motifs is 2. The normalized spacial score (nSPS) is 11.1. The molecule has 2 N–H and O–H groups in total. The summed E-state index contributed by atoms with van der Waals surface area (Å²) in [6.07, 6.45) is 3.47. The minimum Gasteiger partial charge on any atom is -0.349 e. The number of benzene rings is 1. The molecule has 0 fully saturated rings. The molecule has 0 atom stereocenters. The zero-order chi connectivity index (χ0) is 19.0. The van der Waals surface area contributed by atoms with Crippen LogP contribution in [0.3, 0.4) is 0 Å². The summed E-state index contributed by atoms with van der Waals surface area (Å²) in [5, 5.41) is 6.26. The topological polar surface area (TPSA) is 101 Å². The largest absolute Gasteiger partial charge is 0.349 e. The number of aromatic nitrogens is 4. The molecular weight excluding hydrogens is 370 g/mol. The maximum Gasteiger partial charge on any atom is 0.273 e. The molecule has 0 aliphatic rings. The average molecular weight is 384 g/mol. The molecule has 0 saturated carbocycles. The first-order chi connectivity index (χ1) is 13.0. The third-order valence-corrected chi connectivity index (χ3v) is 4.34. The lowest BCUT2D eigenvalue weighted by Gasteiger charge is -2.07. The molecule has 0 saturated heterocycles. The van der Waals surface area contributed by atoms with Crippen LogP contribution >= 0.6 is 11.6 Å². The van der Waals surface area contributed by atoms with Gasteiger partial charge < -0.3 is 9.72 Å². The lowest BCUT2D eigenvalue weighted by molar-refractivity contribution is -0.122. The smallest absolute Gasteiger partial charge is 0.273 e. The van der Waals surface area contributed by atoms with Crippen molar-refractivity contribution in [3.63, 3.8) is 0 Å². The van der Waals surface area contributed by atoms with Crippen molar-refractivity contribution in [2.24, 2.45) is 0 Å². The summed E-state index contributed by atoms with van der Waals surface area (Å²) in [6.45, 7) is -0.108. The van der Waals surface area contributed by atoms with Crippen molar-refractivity contribution < 1.29 is 4.79 Å². The Kier molecular flexibility index (Phi) is 4.25. The molecule has 1 aromatic carbocycles. The van der Waals surface area contributed by atoms with Crippen molar-refractivity contribution in [2.75, 3.05) is 0 Å². The highest BCUT2D eigenvalue weighted by atomic mass is 35.5. The molecule has 0 radical (unpaired) electrons. The number of carbonyl (C=O) groups is 1. The van der Waals surface area contributed by atoms with Gasteiger partial charge in [0.1, 0.15) is 12.2 Å². The van der Waals surface area contributed by atoms with Gasteiger partial charge in [0, 0.05) is 12.4 Å². The standard InChI is InChI=1S/C18H14ClN5O3/c19-11-5-6-15-21-12(9-23(15)8-11)7-20-16(25)10-24-18(27)14-4-2-1-3-13(14)17(26)22-24/h1-6,8-9H,7,10H2,(H,20,25)(H,22,26). The van der Waals surface area contributed by atoms with Crippen LogP contribution in [0.25, 0.3) is 16.4 Å². The van der Waals surface area contributed by atoms with Crippen LogP contribution in [-0.2, 0) is 17.9 Å². The number of H-pyrrole nitrogens is 1. The number of halogens is 1. The average Bonchev–Trinajstić information content (AvgIpc) is 3.06. The van der Waals surface area contributed by atoms with Crippen molar-refractivity contribution in [2.45, 2.75) is 13.1 Å². The molecule has 136 valence electrons. The minimum atomic E-state index is -0.428. The molecule has 0 unspecified atom stereocenters. The second-order valence-electron chi connectivity index (χ2n) is 6.00. The van der Waals surface area contributed by atoms with Crippen molar-refractivity contribution >= 4 is 33.9 Å². The van der Waals surface area contributed by atoms with Crippen LogP contribution < -0.4 is 16.4 Å². The van der Waals surface area contributed by atoms with Gasteiger partial charge in [-0.1, -0.05) is 23.7 Å². The molecule has 0 bridgehead atoms. The van der Waals surface area contributed by atoms with Crippen molar-refractivity contribution in [1.82, 2.24) is 24.5 Å². The second-order valence-corrected chi connectivity index (χ2v) is 6.44. The number of pyridine rings is 1. The highest BCUT2D eigenvalue weighted by Crippen LogP contribution is 2.11. The molecule has 0 aliphatic carbocycles. The summed E-state index contributed by atoms with van der Waals surface area (Å²) in [5.41, 5.74) is 0.502. The molecule has 0 aliphatic heterocycles. The summed E-state index contributed by atoms with van der Waals surface area (Å²) < 4.78 is 2.76. The number of nitrogens with zero attached hydrogens (tertiary/aromatic N) is 3. The Morgan fingerprint density at radius 3 is 2.70 bits per heavy atom. The Balaban J connectivity index is 1.51. The first kappa shape index (κ1) is 17.0. The predicted molar refractivity (Wildman–Crippen MR) is 101 cm³/mol. The van der Waals surface area contributed by atoms with Gasteiger partial charge in [-0.2, -0.15) is 0 Å². The summed E-state index contributed by atoms with van der Waals surface area (Å²) >= 11 is 5.94. The fourth-order valence-electron chi connectivity index (χ4n) is 2.85. The third-order valence-electron chi connectivity index (χ3n) is 4.12. The van der Waals surface area contributed by atoms with E-state index in [2.05, 4.69) is 15.4 Å². The van der Waals surface area contributed by atoms with E-state index in [4.69, 9.17) is 11.6 Å². The van der Waals surface area contributed by atoms with E-state index in [1.807, 2.05) is 0 Å². The number of hydrogen-bond donors (Lipinski definition) is 2. The maximum absolute atomic E-state index is 12.4.